The van der Waals surface area contributed by atoms with Crippen LogP contribution < -0.4 is 20.1 Å². The van der Waals surface area contributed by atoms with Gasteiger partial charge in [-0.25, -0.2) is 4.79 Å². The molecule has 1 amide bonds. The molecule has 0 saturated heterocycles. The number of hydrogen-bond donors (Lipinski definition) is 2. The third kappa shape index (κ3) is 7.08. The van der Waals surface area contributed by atoms with Crippen LogP contribution in [0.4, 0.5) is 11.4 Å². The number of nitrogens with one attached hydrogen (secondary N) is 2. The Morgan fingerprint density at radius 2 is 1.32 bits per heavy atom. The van der Waals surface area contributed by atoms with Crippen LogP contribution in [0.2, 0.25) is 0 Å². The predicted molar refractivity (Wildman–Crippen MR) is 119 cm³/mol. The molecule has 7 nitrogen and oxygen atoms in total. The lowest BCUT2D eigenvalue weighted by molar-refractivity contribution is -0.114. The molecule has 0 fully saturated rings. The summed E-state index contributed by atoms with van der Waals surface area (Å²) >= 11 is 0. The van der Waals surface area contributed by atoms with Crippen molar-refractivity contribution in [2.24, 2.45) is 0 Å². The molecule has 0 saturated carbocycles. The number of ether oxygens (including phenoxy) is 3. The molecule has 0 aliphatic rings. The SMILES string of the molecule is COC(=O)c1ccc(NCC(=O)Nc2ccc(OCCOc3ccccc3)cc2)cc1. The van der Waals surface area contributed by atoms with E-state index in [0.29, 0.717) is 30.2 Å². The molecule has 0 aliphatic heterocycles. The molecule has 2 N–H and O–H groups in total. The van der Waals surface area contributed by atoms with E-state index in [1.807, 2.05) is 30.3 Å². The second kappa shape index (κ2) is 11.3. The van der Waals surface area contributed by atoms with E-state index in [-0.39, 0.29) is 12.5 Å². The van der Waals surface area contributed by atoms with Crippen LogP contribution in [0.3, 0.4) is 0 Å². The van der Waals surface area contributed by atoms with E-state index in [2.05, 4.69) is 15.4 Å². The van der Waals surface area contributed by atoms with Crippen LogP contribution in [-0.4, -0.2) is 38.7 Å². The van der Waals surface area contributed by atoms with Crippen molar-refractivity contribution in [3.63, 3.8) is 0 Å². The molecule has 3 aromatic rings. The van der Waals surface area contributed by atoms with Crippen LogP contribution in [0, 0.1) is 0 Å². The molecule has 3 rings (SSSR count). The lowest BCUT2D eigenvalue weighted by atomic mass is 10.2. The van der Waals surface area contributed by atoms with Gasteiger partial charge in [0.15, 0.2) is 0 Å². The van der Waals surface area contributed by atoms with E-state index in [1.54, 1.807) is 48.5 Å². The molecule has 0 aromatic heterocycles. The highest BCUT2D eigenvalue weighted by molar-refractivity contribution is 5.94. The van der Waals surface area contributed by atoms with Gasteiger partial charge in [0.25, 0.3) is 0 Å². The molecule has 0 radical (unpaired) electrons. The number of rotatable bonds is 10. The summed E-state index contributed by atoms with van der Waals surface area (Å²) in [5, 5.41) is 5.82. The highest BCUT2D eigenvalue weighted by atomic mass is 16.5. The van der Waals surface area contributed by atoms with Crippen molar-refractivity contribution in [1.29, 1.82) is 0 Å². The molecule has 0 unspecified atom stereocenters. The fraction of sp³-hybridized carbons (Fsp3) is 0.167. The lowest BCUT2D eigenvalue weighted by Crippen LogP contribution is -2.21. The Morgan fingerprint density at radius 1 is 0.742 bits per heavy atom. The molecule has 0 bridgehead atoms. The average Bonchev–Trinajstić information content (AvgIpc) is 2.82. The molecule has 7 heteroatoms. The number of para-hydroxylation sites is 1. The third-order valence-electron chi connectivity index (χ3n) is 4.26. The summed E-state index contributed by atoms with van der Waals surface area (Å²) in [7, 11) is 1.33. The van der Waals surface area contributed by atoms with Crippen molar-refractivity contribution in [3.05, 3.63) is 84.4 Å². The van der Waals surface area contributed by atoms with Crippen molar-refractivity contribution in [2.45, 2.75) is 0 Å². The average molecular weight is 420 g/mol. The van der Waals surface area contributed by atoms with Gasteiger partial charge in [-0.2, -0.15) is 0 Å². The number of amides is 1. The molecule has 0 spiro atoms. The standard InChI is InChI=1S/C24H24N2O5/c1-29-24(28)18-7-9-19(10-8-18)25-17-23(27)26-20-11-13-22(14-12-20)31-16-15-30-21-5-3-2-4-6-21/h2-14,25H,15-17H2,1H3,(H,26,27). The first kappa shape index (κ1) is 21.7. The highest BCUT2D eigenvalue weighted by Gasteiger charge is 2.06. The molecule has 0 aliphatic carbocycles. The van der Waals surface area contributed by atoms with Gasteiger partial charge in [-0.15, -0.1) is 0 Å². The second-order valence-corrected chi connectivity index (χ2v) is 6.51. The molecule has 0 heterocycles. The van der Waals surface area contributed by atoms with Crippen molar-refractivity contribution < 1.29 is 23.8 Å². The van der Waals surface area contributed by atoms with Gasteiger partial charge in [-0.3, -0.25) is 4.79 Å². The Kier molecular flexibility index (Phi) is 7.88. The number of methoxy groups -OCH3 is 1. The minimum absolute atomic E-state index is 0.0899. The van der Waals surface area contributed by atoms with E-state index in [1.165, 1.54) is 7.11 Å². The quantitative estimate of drug-likeness (QED) is 0.381. The maximum atomic E-state index is 12.1. The summed E-state index contributed by atoms with van der Waals surface area (Å²) in [6, 6.07) is 23.4. The summed E-state index contributed by atoms with van der Waals surface area (Å²) in [6.45, 7) is 0.945. The molecule has 0 atom stereocenters. The van der Waals surface area contributed by atoms with Crippen LogP contribution >= 0.6 is 0 Å². The summed E-state index contributed by atoms with van der Waals surface area (Å²) in [6.07, 6.45) is 0. The number of esters is 1. The maximum absolute atomic E-state index is 12.1. The van der Waals surface area contributed by atoms with Gasteiger partial charge >= 0.3 is 5.97 Å². The van der Waals surface area contributed by atoms with Crippen molar-refractivity contribution in [1.82, 2.24) is 0 Å². The zero-order valence-corrected chi connectivity index (χ0v) is 17.2. The van der Waals surface area contributed by atoms with Crippen LogP contribution in [0.1, 0.15) is 10.4 Å². The summed E-state index contributed by atoms with van der Waals surface area (Å²) in [5.41, 5.74) is 1.84. The van der Waals surface area contributed by atoms with Gasteiger partial charge in [0.2, 0.25) is 5.91 Å². The topological polar surface area (TPSA) is 85.9 Å². The fourth-order valence-electron chi connectivity index (χ4n) is 2.70. The Labute approximate surface area is 180 Å². The van der Waals surface area contributed by atoms with Crippen molar-refractivity contribution in [3.8, 4) is 11.5 Å². The monoisotopic (exact) mass is 420 g/mol. The first-order valence-corrected chi connectivity index (χ1v) is 9.77. The Bertz CT molecular complexity index is 973. The van der Waals surface area contributed by atoms with E-state index >= 15 is 0 Å². The summed E-state index contributed by atoms with van der Waals surface area (Å²) in [4.78, 5) is 23.6. The van der Waals surface area contributed by atoms with Crippen molar-refractivity contribution in [2.75, 3.05) is 37.5 Å². The highest BCUT2D eigenvalue weighted by Crippen LogP contribution is 2.16. The molecule has 160 valence electrons. The molecular weight excluding hydrogens is 396 g/mol. The molecule has 3 aromatic carbocycles. The normalized spacial score (nSPS) is 10.1. The Balaban J connectivity index is 1.37. The smallest absolute Gasteiger partial charge is 0.337 e. The van der Waals surface area contributed by atoms with E-state index < -0.39 is 5.97 Å². The van der Waals surface area contributed by atoms with E-state index in [4.69, 9.17) is 9.47 Å². The third-order valence-corrected chi connectivity index (χ3v) is 4.26. The van der Waals surface area contributed by atoms with Gasteiger partial charge < -0.3 is 24.8 Å². The van der Waals surface area contributed by atoms with Crippen LogP contribution in [-0.2, 0) is 9.53 Å². The Hall–Kier alpha value is -4.00. The fourth-order valence-corrected chi connectivity index (χ4v) is 2.70. The molecular formula is C24H24N2O5. The number of benzene rings is 3. The first-order chi connectivity index (χ1) is 15.1. The van der Waals surface area contributed by atoms with Crippen LogP contribution in [0.5, 0.6) is 11.5 Å². The van der Waals surface area contributed by atoms with Crippen LogP contribution in [0.15, 0.2) is 78.9 Å². The zero-order chi connectivity index (χ0) is 21.9. The Morgan fingerprint density at radius 3 is 1.94 bits per heavy atom. The number of carbonyl (C=O) groups is 2. The number of anilines is 2. The number of carbonyl (C=O) groups excluding carboxylic acids is 2. The lowest BCUT2D eigenvalue weighted by Gasteiger charge is -2.10. The van der Waals surface area contributed by atoms with Crippen molar-refractivity contribution >= 4 is 23.3 Å². The minimum atomic E-state index is -0.402. The van der Waals surface area contributed by atoms with Gasteiger partial charge in [-0.05, 0) is 60.7 Å². The van der Waals surface area contributed by atoms with E-state index in [9.17, 15) is 9.59 Å². The first-order valence-electron chi connectivity index (χ1n) is 9.77. The minimum Gasteiger partial charge on any atom is -0.490 e. The summed E-state index contributed by atoms with van der Waals surface area (Å²) in [5.74, 6) is 0.901. The van der Waals surface area contributed by atoms with E-state index in [0.717, 1.165) is 11.4 Å². The molecule has 31 heavy (non-hydrogen) atoms. The zero-order valence-electron chi connectivity index (χ0n) is 17.2. The largest absolute Gasteiger partial charge is 0.490 e. The van der Waals surface area contributed by atoms with Gasteiger partial charge in [-0.1, -0.05) is 18.2 Å². The predicted octanol–water partition coefficient (Wildman–Crippen LogP) is 3.98. The summed E-state index contributed by atoms with van der Waals surface area (Å²) < 4.78 is 15.9. The maximum Gasteiger partial charge on any atom is 0.337 e. The second-order valence-electron chi connectivity index (χ2n) is 6.51. The van der Waals surface area contributed by atoms with Gasteiger partial charge in [0.1, 0.15) is 24.7 Å². The number of hydrogen-bond acceptors (Lipinski definition) is 6. The van der Waals surface area contributed by atoms with Gasteiger partial charge in [0, 0.05) is 11.4 Å². The van der Waals surface area contributed by atoms with Gasteiger partial charge in [0.05, 0.1) is 19.2 Å². The van der Waals surface area contributed by atoms with Crippen LogP contribution in [0.25, 0.3) is 0 Å².